The van der Waals surface area contributed by atoms with E-state index in [1.54, 1.807) is 49.3 Å². The van der Waals surface area contributed by atoms with Crippen LogP contribution in [0.4, 0.5) is 10.5 Å². The number of rotatable bonds is 4. The summed E-state index contributed by atoms with van der Waals surface area (Å²) in [6.45, 7) is 1.91. The lowest BCUT2D eigenvalue weighted by Gasteiger charge is -2.26. The van der Waals surface area contributed by atoms with Gasteiger partial charge >= 0.3 is 6.03 Å². The highest BCUT2D eigenvalue weighted by atomic mass is 35.5. The Bertz CT molecular complexity index is 731. The summed E-state index contributed by atoms with van der Waals surface area (Å²) in [4.78, 5) is 25.5. The molecule has 2 aromatic carbocycles. The number of nitrogens with zero attached hydrogens (tertiary/aromatic N) is 1. The van der Waals surface area contributed by atoms with E-state index < -0.39 is 0 Å². The molecular formula is C18H20ClN3O2. The molecule has 0 bridgehead atoms. The Morgan fingerprint density at radius 2 is 1.71 bits per heavy atom. The van der Waals surface area contributed by atoms with Crippen molar-refractivity contribution in [1.82, 2.24) is 10.2 Å². The SMILES string of the molecule is CNC(=O)c1ccc(NC(=O)N(C)C(C)c2ccccc2Cl)cc1. The first-order chi connectivity index (χ1) is 11.4. The first-order valence-electron chi connectivity index (χ1n) is 7.54. The molecule has 0 aliphatic carbocycles. The summed E-state index contributed by atoms with van der Waals surface area (Å²) in [7, 11) is 3.28. The predicted octanol–water partition coefficient (Wildman–Crippen LogP) is 3.92. The largest absolute Gasteiger partial charge is 0.355 e. The maximum atomic E-state index is 12.4. The zero-order valence-electron chi connectivity index (χ0n) is 13.8. The Balaban J connectivity index is 2.06. The fourth-order valence-electron chi connectivity index (χ4n) is 2.26. The fourth-order valence-corrected chi connectivity index (χ4v) is 2.55. The van der Waals surface area contributed by atoms with Gasteiger partial charge in [0.2, 0.25) is 0 Å². The summed E-state index contributed by atoms with van der Waals surface area (Å²) < 4.78 is 0. The van der Waals surface area contributed by atoms with Gasteiger partial charge in [0.1, 0.15) is 0 Å². The van der Waals surface area contributed by atoms with E-state index in [2.05, 4.69) is 10.6 Å². The molecule has 0 spiro atoms. The van der Waals surface area contributed by atoms with Gasteiger partial charge < -0.3 is 15.5 Å². The van der Waals surface area contributed by atoms with Crippen molar-refractivity contribution in [2.75, 3.05) is 19.4 Å². The van der Waals surface area contributed by atoms with Gasteiger partial charge in [-0.3, -0.25) is 4.79 Å². The number of nitrogens with one attached hydrogen (secondary N) is 2. The third-order valence-corrected chi connectivity index (χ3v) is 4.23. The van der Waals surface area contributed by atoms with Gasteiger partial charge in [0, 0.05) is 30.4 Å². The van der Waals surface area contributed by atoms with Crippen LogP contribution in [0.5, 0.6) is 0 Å². The second kappa shape index (κ2) is 7.84. The number of hydrogen-bond acceptors (Lipinski definition) is 2. The van der Waals surface area contributed by atoms with E-state index in [-0.39, 0.29) is 18.0 Å². The highest BCUT2D eigenvalue weighted by Gasteiger charge is 2.19. The van der Waals surface area contributed by atoms with Crippen LogP contribution < -0.4 is 10.6 Å². The van der Waals surface area contributed by atoms with Crippen LogP contribution in [0.3, 0.4) is 0 Å². The van der Waals surface area contributed by atoms with Gasteiger partial charge in [-0.25, -0.2) is 4.79 Å². The monoisotopic (exact) mass is 345 g/mol. The van der Waals surface area contributed by atoms with Crippen LogP contribution in [0.1, 0.15) is 28.9 Å². The number of carbonyl (C=O) groups is 2. The minimum absolute atomic E-state index is 0.169. The maximum Gasteiger partial charge on any atom is 0.322 e. The lowest BCUT2D eigenvalue weighted by Crippen LogP contribution is -2.33. The summed E-state index contributed by atoms with van der Waals surface area (Å²) >= 11 is 6.19. The van der Waals surface area contributed by atoms with Crippen LogP contribution in [-0.2, 0) is 0 Å². The van der Waals surface area contributed by atoms with E-state index in [1.165, 1.54) is 0 Å². The second-order valence-corrected chi connectivity index (χ2v) is 5.80. The summed E-state index contributed by atoms with van der Waals surface area (Å²) in [6.07, 6.45) is 0. The van der Waals surface area contributed by atoms with Gasteiger partial charge in [-0.15, -0.1) is 0 Å². The van der Waals surface area contributed by atoms with Crippen molar-refractivity contribution in [2.24, 2.45) is 0 Å². The van der Waals surface area contributed by atoms with Crippen molar-refractivity contribution in [2.45, 2.75) is 13.0 Å². The molecule has 0 saturated carbocycles. The molecule has 0 radical (unpaired) electrons. The molecule has 1 atom stereocenters. The molecule has 2 N–H and O–H groups in total. The van der Waals surface area contributed by atoms with Crippen LogP contribution in [0.25, 0.3) is 0 Å². The number of anilines is 1. The molecular weight excluding hydrogens is 326 g/mol. The minimum atomic E-state index is -0.255. The highest BCUT2D eigenvalue weighted by Crippen LogP contribution is 2.26. The molecule has 3 amide bonds. The first kappa shape index (κ1) is 17.8. The van der Waals surface area contributed by atoms with Crippen LogP contribution in [0, 0.1) is 0 Å². The standard InChI is InChI=1S/C18H20ClN3O2/c1-12(15-6-4-5-7-16(15)19)22(3)18(24)21-14-10-8-13(9-11-14)17(23)20-2/h4-12H,1-3H3,(H,20,23)(H,21,24). The Morgan fingerprint density at radius 1 is 1.08 bits per heavy atom. The molecule has 2 rings (SSSR count). The van der Waals surface area contributed by atoms with Crippen molar-refractivity contribution in [3.8, 4) is 0 Å². The third-order valence-electron chi connectivity index (χ3n) is 3.88. The van der Waals surface area contributed by atoms with Crippen molar-refractivity contribution in [3.05, 3.63) is 64.7 Å². The average molecular weight is 346 g/mol. The van der Waals surface area contributed by atoms with Crippen molar-refractivity contribution in [3.63, 3.8) is 0 Å². The number of amides is 3. The third kappa shape index (κ3) is 4.06. The summed E-state index contributed by atoms with van der Waals surface area (Å²) in [5.74, 6) is -0.169. The first-order valence-corrected chi connectivity index (χ1v) is 7.92. The molecule has 0 heterocycles. The van der Waals surface area contributed by atoms with Crippen LogP contribution in [0.2, 0.25) is 5.02 Å². The lowest BCUT2D eigenvalue weighted by atomic mass is 10.1. The van der Waals surface area contributed by atoms with Gasteiger partial charge in [-0.05, 0) is 42.8 Å². The maximum absolute atomic E-state index is 12.4. The van der Waals surface area contributed by atoms with Gasteiger partial charge in [-0.1, -0.05) is 29.8 Å². The van der Waals surface area contributed by atoms with E-state index in [4.69, 9.17) is 11.6 Å². The minimum Gasteiger partial charge on any atom is -0.355 e. The zero-order valence-corrected chi connectivity index (χ0v) is 14.6. The number of hydrogen-bond donors (Lipinski definition) is 2. The molecule has 0 fully saturated rings. The number of benzene rings is 2. The molecule has 1 unspecified atom stereocenters. The smallest absolute Gasteiger partial charge is 0.322 e. The topological polar surface area (TPSA) is 61.4 Å². The van der Waals surface area contributed by atoms with E-state index in [1.807, 2.05) is 25.1 Å². The van der Waals surface area contributed by atoms with Crippen molar-refractivity contribution < 1.29 is 9.59 Å². The summed E-state index contributed by atoms with van der Waals surface area (Å²) in [5, 5.41) is 5.98. The fraction of sp³-hybridized carbons (Fsp3) is 0.222. The summed E-state index contributed by atoms with van der Waals surface area (Å²) in [5.41, 5.74) is 2.03. The van der Waals surface area contributed by atoms with E-state index >= 15 is 0 Å². The molecule has 6 heteroatoms. The molecule has 24 heavy (non-hydrogen) atoms. The Labute approximate surface area is 146 Å². The van der Waals surface area contributed by atoms with E-state index in [9.17, 15) is 9.59 Å². The number of carbonyl (C=O) groups excluding carboxylic acids is 2. The van der Waals surface area contributed by atoms with Crippen LogP contribution >= 0.6 is 11.6 Å². The van der Waals surface area contributed by atoms with Crippen LogP contribution in [-0.4, -0.2) is 30.9 Å². The Morgan fingerprint density at radius 3 is 2.29 bits per heavy atom. The Kier molecular flexibility index (Phi) is 5.82. The molecule has 2 aromatic rings. The predicted molar refractivity (Wildman–Crippen MR) is 96.5 cm³/mol. The lowest BCUT2D eigenvalue weighted by molar-refractivity contribution is 0.0963. The molecule has 0 aromatic heterocycles. The normalized spacial score (nSPS) is 11.5. The molecule has 0 saturated heterocycles. The van der Waals surface area contributed by atoms with Gasteiger partial charge in [0.25, 0.3) is 5.91 Å². The molecule has 126 valence electrons. The highest BCUT2D eigenvalue weighted by molar-refractivity contribution is 6.31. The molecule has 5 nitrogen and oxygen atoms in total. The average Bonchev–Trinajstić information content (AvgIpc) is 2.60. The second-order valence-electron chi connectivity index (χ2n) is 5.40. The Hall–Kier alpha value is -2.53. The van der Waals surface area contributed by atoms with Crippen LogP contribution in [0.15, 0.2) is 48.5 Å². The van der Waals surface area contributed by atoms with Crippen molar-refractivity contribution in [1.29, 1.82) is 0 Å². The molecule has 0 aliphatic rings. The summed E-state index contributed by atoms with van der Waals surface area (Å²) in [6, 6.07) is 13.7. The zero-order chi connectivity index (χ0) is 17.7. The van der Waals surface area contributed by atoms with E-state index in [0.717, 1.165) is 5.56 Å². The van der Waals surface area contributed by atoms with Gasteiger partial charge in [0.05, 0.1) is 6.04 Å². The van der Waals surface area contributed by atoms with Gasteiger partial charge in [-0.2, -0.15) is 0 Å². The number of urea groups is 1. The quantitative estimate of drug-likeness (QED) is 0.882. The van der Waals surface area contributed by atoms with Crippen molar-refractivity contribution >= 4 is 29.2 Å². The van der Waals surface area contributed by atoms with E-state index in [0.29, 0.717) is 16.3 Å². The molecule has 0 aliphatic heterocycles. The van der Waals surface area contributed by atoms with Gasteiger partial charge in [0.15, 0.2) is 0 Å². The number of halogens is 1.